The first-order chi connectivity index (χ1) is 6.86. The second kappa shape index (κ2) is 4.99. The highest BCUT2D eigenvalue weighted by Gasteiger charge is 2.18. The first kappa shape index (κ1) is 10.2. The van der Waals surface area contributed by atoms with Crippen LogP contribution in [0.5, 0.6) is 0 Å². The van der Waals surface area contributed by atoms with E-state index < -0.39 is 0 Å². The number of likely N-dealkylation sites (tertiary alicyclic amines) is 1. The van der Waals surface area contributed by atoms with Gasteiger partial charge in [0.05, 0.1) is 4.95 Å². The molecule has 0 N–H and O–H groups in total. The van der Waals surface area contributed by atoms with Crippen molar-refractivity contribution in [2.75, 3.05) is 13.1 Å². The van der Waals surface area contributed by atoms with Crippen LogP contribution in [0.15, 0.2) is 24.5 Å². The normalized spacial score (nSPS) is 23.9. The summed E-state index contributed by atoms with van der Waals surface area (Å²) in [6.45, 7) is 3.51. The molecule has 2 heterocycles. The Hall–Kier alpha value is -0.280. The number of nitrogens with zero attached hydrogens (tertiary/aromatic N) is 2. The molecule has 0 aromatic carbocycles. The number of aromatic nitrogens is 1. The molecule has 1 atom stereocenters. The summed E-state index contributed by atoms with van der Waals surface area (Å²) in [6, 6.07) is 4.17. The fourth-order valence-corrected chi connectivity index (χ4v) is 2.70. The number of alkyl halides is 1. The van der Waals surface area contributed by atoms with Crippen molar-refractivity contribution in [2.24, 2.45) is 0 Å². The van der Waals surface area contributed by atoms with Crippen molar-refractivity contribution in [3.63, 3.8) is 0 Å². The van der Waals surface area contributed by atoms with E-state index in [9.17, 15) is 0 Å². The third kappa shape index (κ3) is 2.61. The molecule has 0 saturated carbocycles. The third-order valence-corrected chi connectivity index (χ3v) is 3.88. The number of rotatable bonds is 3. The highest BCUT2D eigenvalue weighted by molar-refractivity contribution is 9.09. The van der Waals surface area contributed by atoms with E-state index >= 15 is 0 Å². The Morgan fingerprint density at radius 2 is 1.93 bits per heavy atom. The molecule has 1 aliphatic heterocycles. The minimum atomic E-state index is 0.604. The molecule has 0 aliphatic carbocycles. The first-order valence-corrected chi connectivity index (χ1v) is 6.27. The van der Waals surface area contributed by atoms with E-state index in [1.807, 2.05) is 0 Å². The van der Waals surface area contributed by atoms with E-state index in [-0.39, 0.29) is 0 Å². The van der Waals surface area contributed by atoms with Crippen LogP contribution in [0.25, 0.3) is 0 Å². The Kier molecular flexibility index (Phi) is 3.65. The van der Waals surface area contributed by atoms with Crippen LogP contribution < -0.4 is 0 Å². The minimum Gasteiger partial charge on any atom is -0.353 e. The predicted octanol–water partition coefficient (Wildman–Crippen LogP) is 2.70. The Morgan fingerprint density at radius 1 is 1.14 bits per heavy atom. The lowest BCUT2D eigenvalue weighted by atomic mass is 10.1. The van der Waals surface area contributed by atoms with Gasteiger partial charge in [0.25, 0.3) is 0 Å². The standard InChI is InChI=1S/C11H17BrN2/c12-11-5-1-2-8-14(11)10-9-13-6-3-4-7-13/h3-4,6-7,11H,1-2,5,8-10H2. The lowest BCUT2D eigenvalue weighted by molar-refractivity contribution is 0.203. The second-order valence-corrected chi connectivity index (χ2v) is 4.94. The lowest BCUT2D eigenvalue weighted by Gasteiger charge is -2.31. The predicted molar refractivity (Wildman–Crippen MR) is 62.6 cm³/mol. The molecule has 3 heteroatoms. The van der Waals surface area contributed by atoms with Crippen molar-refractivity contribution >= 4 is 15.9 Å². The van der Waals surface area contributed by atoms with Crippen molar-refractivity contribution in [1.29, 1.82) is 0 Å². The molecular weight excluding hydrogens is 240 g/mol. The van der Waals surface area contributed by atoms with E-state index in [1.165, 1.54) is 25.8 Å². The zero-order valence-corrected chi connectivity index (χ0v) is 9.99. The number of piperidine rings is 1. The summed E-state index contributed by atoms with van der Waals surface area (Å²) in [5.74, 6) is 0. The molecule has 1 saturated heterocycles. The Morgan fingerprint density at radius 3 is 2.64 bits per heavy atom. The smallest absolute Gasteiger partial charge is 0.0656 e. The molecule has 1 fully saturated rings. The van der Waals surface area contributed by atoms with Crippen molar-refractivity contribution < 1.29 is 0 Å². The first-order valence-electron chi connectivity index (χ1n) is 5.35. The molecule has 1 aromatic rings. The number of halogens is 1. The summed E-state index contributed by atoms with van der Waals surface area (Å²) in [5.41, 5.74) is 0. The van der Waals surface area contributed by atoms with Gasteiger partial charge in [-0.15, -0.1) is 0 Å². The van der Waals surface area contributed by atoms with Gasteiger partial charge in [-0.2, -0.15) is 0 Å². The summed E-state index contributed by atoms with van der Waals surface area (Å²) < 4.78 is 2.24. The minimum absolute atomic E-state index is 0.604. The van der Waals surface area contributed by atoms with Crippen molar-refractivity contribution in [3.05, 3.63) is 24.5 Å². The van der Waals surface area contributed by atoms with Crippen LogP contribution in [0.4, 0.5) is 0 Å². The topological polar surface area (TPSA) is 8.17 Å². The summed E-state index contributed by atoms with van der Waals surface area (Å²) >= 11 is 3.74. The molecule has 0 spiro atoms. The van der Waals surface area contributed by atoms with Gasteiger partial charge in [-0.25, -0.2) is 0 Å². The van der Waals surface area contributed by atoms with E-state index in [2.05, 4.69) is 49.9 Å². The largest absolute Gasteiger partial charge is 0.353 e. The Balaban J connectivity index is 1.79. The molecule has 2 rings (SSSR count). The molecule has 78 valence electrons. The van der Waals surface area contributed by atoms with Gasteiger partial charge in [0.15, 0.2) is 0 Å². The van der Waals surface area contributed by atoms with Crippen LogP contribution in [0, 0.1) is 0 Å². The van der Waals surface area contributed by atoms with Gasteiger partial charge >= 0.3 is 0 Å². The van der Waals surface area contributed by atoms with E-state index in [4.69, 9.17) is 0 Å². The quantitative estimate of drug-likeness (QED) is 0.597. The van der Waals surface area contributed by atoms with Crippen LogP contribution >= 0.6 is 15.9 Å². The molecule has 2 nitrogen and oxygen atoms in total. The second-order valence-electron chi connectivity index (χ2n) is 3.89. The van der Waals surface area contributed by atoms with Crippen molar-refractivity contribution in [2.45, 2.75) is 30.8 Å². The molecular formula is C11H17BrN2. The molecule has 1 aliphatic rings. The number of hydrogen-bond acceptors (Lipinski definition) is 1. The Bertz CT molecular complexity index is 258. The van der Waals surface area contributed by atoms with Crippen LogP contribution in [-0.4, -0.2) is 27.5 Å². The maximum Gasteiger partial charge on any atom is 0.0656 e. The van der Waals surface area contributed by atoms with E-state index in [0.717, 1.165) is 13.1 Å². The van der Waals surface area contributed by atoms with Crippen LogP contribution in [0.2, 0.25) is 0 Å². The Labute approximate surface area is 94.0 Å². The molecule has 0 radical (unpaired) electrons. The van der Waals surface area contributed by atoms with Gasteiger partial charge in [0, 0.05) is 25.5 Å². The summed E-state index contributed by atoms with van der Waals surface area (Å²) in [6.07, 6.45) is 8.29. The SMILES string of the molecule is BrC1CCCCN1CCn1cccc1. The summed E-state index contributed by atoms with van der Waals surface area (Å²) in [4.78, 5) is 3.13. The highest BCUT2D eigenvalue weighted by atomic mass is 79.9. The van der Waals surface area contributed by atoms with Crippen LogP contribution in [0.1, 0.15) is 19.3 Å². The van der Waals surface area contributed by atoms with Gasteiger partial charge in [0.2, 0.25) is 0 Å². The number of hydrogen-bond donors (Lipinski definition) is 0. The van der Waals surface area contributed by atoms with Gasteiger partial charge < -0.3 is 4.57 Å². The average molecular weight is 257 g/mol. The summed E-state index contributed by atoms with van der Waals surface area (Å²) in [5, 5.41) is 0. The monoisotopic (exact) mass is 256 g/mol. The van der Waals surface area contributed by atoms with Gasteiger partial charge in [-0.1, -0.05) is 15.9 Å². The zero-order chi connectivity index (χ0) is 9.80. The van der Waals surface area contributed by atoms with Crippen molar-refractivity contribution in [3.8, 4) is 0 Å². The fraction of sp³-hybridized carbons (Fsp3) is 0.636. The maximum absolute atomic E-state index is 3.74. The van der Waals surface area contributed by atoms with Crippen LogP contribution in [-0.2, 0) is 6.54 Å². The third-order valence-electron chi connectivity index (χ3n) is 2.85. The molecule has 1 aromatic heterocycles. The fourth-order valence-electron chi connectivity index (χ4n) is 1.97. The molecule has 1 unspecified atom stereocenters. The lowest BCUT2D eigenvalue weighted by Crippen LogP contribution is -2.37. The van der Waals surface area contributed by atoms with E-state index in [0.29, 0.717) is 4.95 Å². The average Bonchev–Trinajstić information content (AvgIpc) is 2.69. The van der Waals surface area contributed by atoms with Crippen LogP contribution in [0.3, 0.4) is 0 Å². The van der Waals surface area contributed by atoms with E-state index in [1.54, 1.807) is 0 Å². The maximum atomic E-state index is 3.74. The molecule has 0 bridgehead atoms. The highest BCUT2D eigenvalue weighted by Crippen LogP contribution is 2.21. The zero-order valence-electron chi connectivity index (χ0n) is 8.40. The van der Waals surface area contributed by atoms with Gasteiger partial charge in [-0.05, 0) is 37.9 Å². The molecule has 14 heavy (non-hydrogen) atoms. The van der Waals surface area contributed by atoms with Crippen molar-refractivity contribution in [1.82, 2.24) is 9.47 Å². The summed E-state index contributed by atoms with van der Waals surface area (Å²) in [7, 11) is 0. The molecule has 0 amide bonds. The van der Waals surface area contributed by atoms with Gasteiger partial charge in [0.1, 0.15) is 0 Å². The van der Waals surface area contributed by atoms with Gasteiger partial charge in [-0.3, -0.25) is 4.90 Å².